The fourth-order valence-electron chi connectivity index (χ4n) is 3.78. The number of rotatable bonds is 2. The molecule has 0 bridgehead atoms. The van der Waals surface area contributed by atoms with Gasteiger partial charge in [-0.25, -0.2) is 4.39 Å². The van der Waals surface area contributed by atoms with Crippen molar-refractivity contribution in [3.63, 3.8) is 0 Å². The van der Waals surface area contributed by atoms with E-state index in [-0.39, 0.29) is 17.3 Å². The zero-order valence-electron chi connectivity index (χ0n) is 12.4. The van der Waals surface area contributed by atoms with Crippen LogP contribution in [0.3, 0.4) is 0 Å². The number of nitriles is 1. The number of fused-ring (bicyclic) bond motifs is 1. The number of ether oxygens (including phenoxy) is 1. The van der Waals surface area contributed by atoms with Gasteiger partial charge in [0.05, 0.1) is 11.5 Å². The van der Waals surface area contributed by atoms with Gasteiger partial charge >= 0.3 is 0 Å². The van der Waals surface area contributed by atoms with Crippen LogP contribution in [-0.4, -0.2) is 6.10 Å². The normalized spacial score (nSPS) is 24.3. The van der Waals surface area contributed by atoms with Crippen LogP contribution in [0.5, 0.6) is 5.75 Å². The van der Waals surface area contributed by atoms with Crippen molar-refractivity contribution in [3.8, 4) is 11.8 Å². The second-order valence-corrected chi connectivity index (χ2v) is 6.56. The van der Waals surface area contributed by atoms with Crippen LogP contribution < -0.4 is 4.74 Å². The van der Waals surface area contributed by atoms with Gasteiger partial charge in [-0.05, 0) is 31.0 Å². The summed E-state index contributed by atoms with van der Waals surface area (Å²) in [4.78, 5) is 0. The molecule has 0 saturated heterocycles. The van der Waals surface area contributed by atoms with Crippen LogP contribution in [0.2, 0.25) is 0 Å². The van der Waals surface area contributed by atoms with E-state index in [0.717, 1.165) is 49.8 Å². The third-order valence-electron chi connectivity index (χ3n) is 4.93. The number of hydrogen-bond donors (Lipinski definition) is 0. The summed E-state index contributed by atoms with van der Waals surface area (Å²) in [5, 5.41) is 9.71. The maximum absolute atomic E-state index is 13.3. The van der Waals surface area contributed by atoms with Crippen LogP contribution in [0, 0.1) is 22.6 Å². The molecule has 1 aliphatic heterocycles. The number of nitrogens with zero attached hydrogens (tertiary/aromatic N) is 1. The molecule has 0 spiro atoms. The molecule has 3 rings (SSSR count). The van der Waals surface area contributed by atoms with E-state index in [4.69, 9.17) is 4.74 Å². The first-order valence-electron chi connectivity index (χ1n) is 8.07. The van der Waals surface area contributed by atoms with E-state index in [0.29, 0.717) is 0 Å². The Morgan fingerprint density at radius 1 is 1.19 bits per heavy atom. The van der Waals surface area contributed by atoms with E-state index in [1.54, 1.807) is 12.1 Å². The summed E-state index contributed by atoms with van der Waals surface area (Å²) in [6, 6.07) is 7.31. The van der Waals surface area contributed by atoms with E-state index in [1.807, 2.05) is 0 Å². The summed E-state index contributed by atoms with van der Waals surface area (Å²) in [6.07, 6.45) is 9.55. The molecule has 0 amide bonds. The van der Waals surface area contributed by atoms with Crippen LogP contribution in [-0.2, 0) is 6.42 Å². The topological polar surface area (TPSA) is 33.0 Å². The van der Waals surface area contributed by atoms with Crippen molar-refractivity contribution in [2.75, 3.05) is 0 Å². The highest BCUT2D eigenvalue weighted by molar-refractivity contribution is 5.38. The minimum absolute atomic E-state index is 0.0286. The molecular formula is C18H22FNO. The van der Waals surface area contributed by atoms with Gasteiger partial charge in [0.25, 0.3) is 0 Å². The first-order chi connectivity index (χ1) is 10.2. The Morgan fingerprint density at radius 2 is 1.90 bits per heavy atom. The van der Waals surface area contributed by atoms with Crippen molar-refractivity contribution >= 4 is 0 Å². The fourth-order valence-corrected chi connectivity index (χ4v) is 3.78. The Bertz CT molecular complexity index is 541. The largest absolute Gasteiger partial charge is 0.490 e. The summed E-state index contributed by atoms with van der Waals surface area (Å²) in [5.41, 5.74) is 0.699. The van der Waals surface area contributed by atoms with Crippen molar-refractivity contribution in [2.24, 2.45) is 5.41 Å². The van der Waals surface area contributed by atoms with Crippen LogP contribution >= 0.6 is 0 Å². The van der Waals surface area contributed by atoms with Crippen LogP contribution in [0.25, 0.3) is 0 Å². The Labute approximate surface area is 125 Å². The predicted octanol–water partition coefficient (Wildman–Crippen LogP) is 4.77. The summed E-state index contributed by atoms with van der Waals surface area (Å²) in [5.74, 6) is 0.583. The van der Waals surface area contributed by atoms with E-state index in [1.165, 1.54) is 25.3 Å². The molecule has 1 atom stereocenters. The third-order valence-corrected chi connectivity index (χ3v) is 4.93. The van der Waals surface area contributed by atoms with Crippen LogP contribution in [0.1, 0.15) is 56.9 Å². The maximum Gasteiger partial charge on any atom is 0.123 e. The van der Waals surface area contributed by atoms with E-state index < -0.39 is 0 Å². The summed E-state index contributed by atoms with van der Waals surface area (Å²) >= 11 is 0. The van der Waals surface area contributed by atoms with E-state index in [2.05, 4.69) is 6.07 Å². The SMILES string of the molecule is N#CC1(CC2Cc3cc(F)ccc3O2)CCCCCCC1. The van der Waals surface area contributed by atoms with Crippen molar-refractivity contribution in [1.82, 2.24) is 0 Å². The van der Waals surface area contributed by atoms with E-state index in [9.17, 15) is 9.65 Å². The molecule has 0 aromatic heterocycles. The smallest absolute Gasteiger partial charge is 0.123 e. The highest BCUT2D eigenvalue weighted by atomic mass is 19.1. The molecule has 0 radical (unpaired) electrons. The average molecular weight is 287 g/mol. The molecule has 1 saturated carbocycles. The molecule has 112 valence electrons. The van der Waals surface area contributed by atoms with Gasteiger partial charge in [-0.2, -0.15) is 5.26 Å². The van der Waals surface area contributed by atoms with Gasteiger partial charge in [0.2, 0.25) is 0 Å². The molecule has 0 N–H and O–H groups in total. The van der Waals surface area contributed by atoms with Gasteiger partial charge in [0.1, 0.15) is 17.7 Å². The molecule has 2 aliphatic rings. The Hall–Kier alpha value is -1.56. The second-order valence-electron chi connectivity index (χ2n) is 6.56. The highest BCUT2D eigenvalue weighted by Gasteiger charge is 2.36. The van der Waals surface area contributed by atoms with Gasteiger partial charge in [0, 0.05) is 18.4 Å². The zero-order valence-corrected chi connectivity index (χ0v) is 12.4. The number of halogens is 1. The van der Waals surface area contributed by atoms with Gasteiger partial charge in [-0.15, -0.1) is 0 Å². The quantitative estimate of drug-likeness (QED) is 0.784. The van der Waals surface area contributed by atoms with Gasteiger partial charge in [0.15, 0.2) is 0 Å². The first-order valence-corrected chi connectivity index (χ1v) is 8.07. The zero-order chi connectivity index (χ0) is 14.7. The second kappa shape index (κ2) is 6.05. The molecule has 2 nitrogen and oxygen atoms in total. The summed E-state index contributed by atoms with van der Waals surface area (Å²) in [6.45, 7) is 0. The van der Waals surface area contributed by atoms with E-state index >= 15 is 0 Å². The lowest BCUT2D eigenvalue weighted by Crippen LogP contribution is -2.28. The fraction of sp³-hybridized carbons (Fsp3) is 0.611. The lowest BCUT2D eigenvalue weighted by molar-refractivity contribution is 0.146. The molecule has 1 unspecified atom stereocenters. The van der Waals surface area contributed by atoms with Gasteiger partial charge < -0.3 is 4.74 Å². The Balaban J connectivity index is 1.69. The van der Waals surface area contributed by atoms with Crippen molar-refractivity contribution < 1.29 is 9.13 Å². The third kappa shape index (κ3) is 3.20. The van der Waals surface area contributed by atoms with Crippen LogP contribution in [0.4, 0.5) is 4.39 Å². The minimum atomic E-state index is -0.244. The first kappa shape index (κ1) is 14.4. The molecule has 1 fully saturated rings. The minimum Gasteiger partial charge on any atom is -0.490 e. The molecule has 1 aromatic rings. The number of hydrogen-bond acceptors (Lipinski definition) is 2. The highest BCUT2D eigenvalue weighted by Crippen LogP contribution is 2.41. The average Bonchev–Trinajstić information content (AvgIpc) is 2.83. The molecular weight excluding hydrogens is 265 g/mol. The Morgan fingerprint density at radius 3 is 2.62 bits per heavy atom. The molecule has 1 aliphatic carbocycles. The van der Waals surface area contributed by atoms with Crippen molar-refractivity contribution in [1.29, 1.82) is 5.26 Å². The van der Waals surface area contributed by atoms with Gasteiger partial charge in [-0.3, -0.25) is 0 Å². The molecule has 3 heteroatoms. The molecule has 21 heavy (non-hydrogen) atoms. The summed E-state index contributed by atoms with van der Waals surface area (Å²) in [7, 11) is 0. The van der Waals surface area contributed by atoms with Crippen molar-refractivity contribution in [2.45, 2.75) is 63.9 Å². The number of benzene rings is 1. The van der Waals surface area contributed by atoms with Crippen LogP contribution in [0.15, 0.2) is 18.2 Å². The molecule has 1 aromatic carbocycles. The standard InChI is InChI=1S/C18H22FNO/c19-15-6-7-17-14(10-15)11-16(21-17)12-18(13-20)8-4-2-1-3-5-9-18/h6-7,10,16H,1-5,8-9,11-12H2. The Kier molecular flexibility index (Phi) is 4.14. The molecule has 1 heterocycles. The maximum atomic E-state index is 13.3. The monoisotopic (exact) mass is 287 g/mol. The summed E-state index contributed by atoms with van der Waals surface area (Å²) < 4.78 is 19.2. The van der Waals surface area contributed by atoms with Gasteiger partial charge in [-0.1, -0.05) is 32.1 Å². The van der Waals surface area contributed by atoms with Crippen molar-refractivity contribution in [3.05, 3.63) is 29.6 Å². The predicted molar refractivity (Wildman–Crippen MR) is 79.5 cm³/mol. The lowest BCUT2D eigenvalue weighted by Gasteiger charge is -2.30. The lowest BCUT2D eigenvalue weighted by atomic mass is 9.73.